The summed E-state index contributed by atoms with van der Waals surface area (Å²) in [5.41, 5.74) is 0.719. The smallest absolute Gasteiger partial charge is 0.255 e. The van der Waals surface area contributed by atoms with Crippen molar-refractivity contribution in [2.45, 2.75) is 0 Å². The van der Waals surface area contributed by atoms with Crippen LogP contribution in [-0.2, 0) is 0 Å². The highest BCUT2D eigenvalue weighted by atomic mass is 32.1. The molecule has 0 aliphatic carbocycles. The third-order valence-electron chi connectivity index (χ3n) is 2.49. The van der Waals surface area contributed by atoms with Gasteiger partial charge in [-0.05, 0) is 6.07 Å². The topological polar surface area (TPSA) is 40.5 Å². The van der Waals surface area contributed by atoms with Crippen molar-refractivity contribution in [3.8, 4) is 0 Å². The number of carbonyl (C=O) groups excluding carboxylic acids is 1. The Kier molecular flexibility index (Phi) is 3.22. The van der Waals surface area contributed by atoms with Crippen molar-refractivity contribution in [1.82, 2.24) is 4.90 Å². The van der Waals surface area contributed by atoms with Crippen LogP contribution in [0.25, 0.3) is 10.1 Å². The van der Waals surface area contributed by atoms with Crippen LogP contribution in [0.2, 0.25) is 0 Å². The molecule has 84 valence electrons. The highest BCUT2D eigenvalue weighted by Gasteiger charge is 2.15. The first-order valence-electron chi connectivity index (χ1n) is 5.06. The molecule has 1 N–H and O–H groups in total. The Balaban J connectivity index is 2.36. The van der Waals surface area contributed by atoms with Gasteiger partial charge >= 0.3 is 0 Å². The molecule has 0 saturated carbocycles. The molecule has 0 radical (unpaired) electrons. The fourth-order valence-corrected chi connectivity index (χ4v) is 2.54. The predicted octanol–water partition coefficient (Wildman–Crippen LogP) is 1.97. The first-order valence-corrected chi connectivity index (χ1v) is 5.94. The lowest BCUT2D eigenvalue weighted by Crippen LogP contribution is -2.29. The Morgan fingerprint density at radius 1 is 1.44 bits per heavy atom. The molecule has 3 nitrogen and oxygen atoms in total. The molecule has 0 aliphatic rings. The van der Waals surface area contributed by atoms with E-state index in [-0.39, 0.29) is 12.5 Å². The number of aliphatic hydroxyl groups excluding tert-OH is 1. The number of carbonyl (C=O) groups is 1. The van der Waals surface area contributed by atoms with Gasteiger partial charge in [0, 0.05) is 29.1 Å². The molecule has 1 heterocycles. The van der Waals surface area contributed by atoms with Crippen LogP contribution in [0.3, 0.4) is 0 Å². The summed E-state index contributed by atoms with van der Waals surface area (Å²) in [4.78, 5) is 13.6. The van der Waals surface area contributed by atoms with Gasteiger partial charge in [-0.3, -0.25) is 4.79 Å². The molecule has 0 unspecified atom stereocenters. The SMILES string of the molecule is CN(CCO)C(=O)c1csc2ccccc12. The van der Waals surface area contributed by atoms with Gasteiger partial charge in [-0.1, -0.05) is 18.2 Å². The summed E-state index contributed by atoms with van der Waals surface area (Å²) in [6, 6.07) is 7.84. The van der Waals surface area contributed by atoms with Crippen molar-refractivity contribution < 1.29 is 9.90 Å². The van der Waals surface area contributed by atoms with Crippen molar-refractivity contribution in [1.29, 1.82) is 0 Å². The second-order valence-corrected chi connectivity index (χ2v) is 4.51. The van der Waals surface area contributed by atoms with Crippen LogP contribution in [-0.4, -0.2) is 36.1 Å². The lowest BCUT2D eigenvalue weighted by Gasteiger charge is -2.14. The third kappa shape index (κ3) is 1.94. The van der Waals surface area contributed by atoms with Crippen LogP contribution in [0.1, 0.15) is 10.4 Å². The largest absolute Gasteiger partial charge is 0.395 e. The van der Waals surface area contributed by atoms with E-state index in [0.29, 0.717) is 6.54 Å². The Hall–Kier alpha value is -1.39. The fourth-order valence-electron chi connectivity index (χ4n) is 1.60. The minimum atomic E-state index is -0.0356. The number of amides is 1. The average molecular weight is 235 g/mol. The summed E-state index contributed by atoms with van der Waals surface area (Å²) in [5.74, 6) is -0.0356. The average Bonchev–Trinajstić information content (AvgIpc) is 2.72. The molecule has 1 amide bonds. The summed E-state index contributed by atoms with van der Waals surface area (Å²) in [6.45, 7) is 0.354. The standard InChI is InChI=1S/C12H13NO2S/c1-13(6-7-14)12(15)10-8-16-11-5-3-2-4-9(10)11/h2-5,8,14H,6-7H2,1H3. The van der Waals surface area contributed by atoms with E-state index in [1.54, 1.807) is 18.4 Å². The number of fused-ring (bicyclic) bond motifs is 1. The number of rotatable bonds is 3. The molecule has 2 aromatic rings. The first kappa shape index (κ1) is 11.1. The summed E-state index contributed by atoms with van der Waals surface area (Å²) in [7, 11) is 1.70. The zero-order valence-corrected chi connectivity index (χ0v) is 9.83. The maximum atomic E-state index is 12.0. The maximum absolute atomic E-state index is 12.0. The molecule has 16 heavy (non-hydrogen) atoms. The molecule has 0 aliphatic heterocycles. The summed E-state index contributed by atoms with van der Waals surface area (Å²) >= 11 is 1.57. The summed E-state index contributed by atoms with van der Waals surface area (Å²) < 4.78 is 1.11. The van der Waals surface area contributed by atoms with Gasteiger partial charge in [0.05, 0.1) is 12.2 Å². The van der Waals surface area contributed by atoms with Crippen LogP contribution < -0.4 is 0 Å². The predicted molar refractivity (Wildman–Crippen MR) is 65.9 cm³/mol. The van der Waals surface area contributed by atoms with E-state index >= 15 is 0 Å². The molecule has 0 bridgehead atoms. The first-order chi connectivity index (χ1) is 7.74. The minimum Gasteiger partial charge on any atom is -0.395 e. The van der Waals surface area contributed by atoms with E-state index in [9.17, 15) is 4.79 Å². The Morgan fingerprint density at radius 3 is 2.94 bits per heavy atom. The van der Waals surface area contributed by atoms with Gasteiger partial charge in [0.25, 0.3) is 5.91 Å². The van der Waals surface area contributed by atoms with E-state index in [2.05, 4.69) is 0 Å². The van der Waals surface area contributed by atoms with Crippen LogP contribution in [0.4, 0.5) is 0 Å². The fraction of sp³-hybridized carbons (Fsp3) is 0.250. The van der Waals surface area contributed by atoms with Crippen molar-refractivity contribution in [2.24, 2.45) is 0 Å². The lowest BCUT2D eigenvalue weighted by molar-refractivity contribution is 0.0769. The van der Waals surface area contributed by atoms with Crippen molar-refractivity contribution in [2.75, 3.05) is 20.2 Å². The minimum absolute atomic E-state index is 0.00961. The van der Waals surface area contributed by atoms with E-state index in [1.807, 2.05) is 29.6 Å². The second-order valence-electron chi connectivity index (χ2n) is 3.60. The Bertz CT molecular complexity index is 506. The number of hydrogen-bond donors (Lipinski definition) is 1. The molecule has 1 aromatic heterocycles. The van der Waals surface area contributed by atoms with Crippen LogP contribution in [0, 0.1) is 0 Å². The molecular weight excluding hydrogens is 222 g/mol. The monoisotopic (exact) mass is 235 g/mol. The van der Waals surface area contributed by atoms with Gasteiger partial charge in [-0.25, -0.2) is 0 Å². The molecule has 1 aromatic carbocycles. The zero-order chi connectivity index (χ0) is 11.5. The molecule has 0 atom stereocenters. The van der Waals surface area contributed by atoms with E-state index in [0.717, 1.165) is 15.6 Å². The molecule has 0 spiro atoms. The van der Waals surface area contributed by atoms with Crippen LogP contribution in [0.15, 0.2) is 29.6 Å². The van der Waals surface area contributed by atoms with Crippen molar-refractivity contribution in [3.63, 3.8) is 0 Å². The lowest BCUT2D eigenvalue weighted by atomic mass is 10.1. The normalized spacial score (nSPS) is 10.6. The van der Waals surface area contributed by atoms with Gasteiger partial charge in [0.2, 0.25) is 0 Å². The summed E-state index contributed by atoms with van der Waals surface area (Å²) in [6.07, 6.45) is 0. The Labute approximate surface area is 97.9 Å². The van der Waals surface area contributed by atoms with Gasteiger partial charge in [0.1, 0.15) is 0 Å². The van der Waals surface area contributed by atoms with E-state index in [1.165, 1.54) is 4.90 Å². The highest BCUT2D eigenvalue weighted by molar-refractivity contribution is 7.17. The highest BCUT2D eigenvalue weighted by Crippen LogP contribution is 2.26. The zero-order valence-electron chi connectivity index (χ0n) is 9.01. The van der Waals surface area contributed by atoms with Gasteiger partial charge in [0.15, 0.2) is 0 Å². The van der Waals surface area contributed by atoms with Crippen LogP contribution in [0.5, 0.6) is 0 Å². The maximum Gasteiger partial charge on any atom is 0.255 e. The number of benzene rings is 1. The molecule has 0 saturated heterocycles. The van der Waals surface area contributed by atoms with Gasteiger partial charge in [-0.15, -0.1) is 11.3 Å². The van der Waals surface area contributed by atoms with E-state index in [4.69, 9.17) is 5.11 Å². The van der Waals surface area contributed by atoms with Gasteiger partial charge in [-0.2, -0.15) is 0 Å². The number of likely N-dealkylation sites (N-methyl/N-ethyl adjacent to an activating group) is 1. The van der Waals surface area contributed by atoms with E-state index < -0.39 is 0 Å². The van der Waals surface area contributed by atoms with Crippen LogP contribution >= 0.6 is 11.3 Å². The second kappa shape index (κ2) is 4.63. The van der Waals surface area contributed by atoms with Crippen molar-refractivity contribution >= 4 is 27.3 Å². The molecule has 0 fully saturated rings. The number of aliphatic hydroxyl groups is 1. The third-order valence-corrected chi connectivity index (χ3v) is 3.46. The number of nitrogens with zero attached hydrogens (tertiary/aromatic N) is 1. The van der Waals surface area contributed by atoms with Crippen molar-refractivity contribution in [3.05, 3.63) is 35.2 Å². The summed E-state index contributed by atoms with van der Waals surface area (Å²) in [5, 5.41) is 11.7. The van der Waals surface area contributed by atoms with Gasteiger partial charge < -0.3 is 10.0 Å². The molecule has 4 heteroatoms. The Morgan fingerprint density at radius 2 is 2.19 bits per heavy atom. The number of hydrogen-bond acceptors (Lipinski definition) is 3. The quantitative estimate of drug-likeness (QED) is 0.883. The molecular formula is C12H13NO2S. The molecule has 2 rings (SSSR count). The number of thiophene rings is 1.